The van der Waals surface area contributed by atoms with Gasteiger partial charge in [-0.3, -0.25) is 4.79 Å². The molecule has 4 aromatic rings. The molecule has 0 radical (unpaired) electrons. The first-order valence-corrected chi connectivity index (χ1v) is 9.54. The first-order valence-electron chi connectivity index (χ1n) is 9.54. The first kappa shape index (κ1) is 18.1. The molecule has 5 rings (SSSR count). The molecule has 0 aliphatic carbocycles. The van der Waals surface area contributed by atoms with Crippen LogP contribution < -0.4 is 20.3 Å². The van der Waals surface area contributed by atoms with Gasteiger partial charge in [0.25, 0.3) is 5.91 Å². The number of furan rings is 1. The third-order valence-electron chi connectivity index (χ3n) is 4.66. The summed E-state index contributed by atoms with van der Waals surface area (Å²) in [6.07, 6.45) is 1.56. The highest BCUT2D eigenvalue weighted by molar-refractivity contribution is 5.96. The molecule has 7 heteroatoms. The van der Waals surface area contributed by atoms with Crippen LogP contribution in [-0.4, -0.2) is 19.1 Å². The number of benzene rings is 2. The zero-order chi connectivity index (χ0) is 20.3. The second-order valence-corrected chi connectivity index (χ2v) is 6.70. The van der Waals surface area contributed by atoms with E-state index in [2.05, 4.69) is 10.3 Å². The van der Waals surface area contributed by atoms with Crippen molar-refractivity contribution in [1.82, 2.24) is 5.32 Å². The minimum absolute atomic E-state index is 0.210. The van der Waals surface area contributed by atoms with Gasteiger partial charge in [0.2, 0.25) is 5.55 Å². The number of fused-ring (bicyclic) bond motifs is 2. The van der Waals surface area contributed by atoms with Gasteiger partial charge in [-0.25, -0.2) is 4.99 Å². The molecule has 0 fully saturated rings. The Kier molecular flexibility index (Phi) is 4.69. The highest BCUT2D eigenvalue weighted by Gasteiger charge is 2.15. The Labute approximate surface area is 171 Å². The van der Waals surface area contributed by atoms with Crippen LogP contribution in [0.3, 0.4) is 0 Å². The molecule has 1 aliphatic rings. The van der Waals surface area contributed by atoms with E-state index < -0.39 is 0 Å². The zero-order valence-corrected chi connectivity index (χ0v) is 16.0. The SMILES string of the molecule is O=C(NCc1ccco1)c1cc2ccccc2oc1=Nc1ccc2c(c1)OCCO2. The number of para-hydroxylation sites is 1. The van der Waals surface area contributed by atoms with E-state index in [-0.39, 0.29) is 18.0 Å². The maximum absolute atomic E-state index is 12.9. The van der Waals surface area contributed by atoms with Gasteiger partial charge in [-0.2, -0.15) is 0 Å². The summed E-state index contributed by atoms with van der Waals surface area (Å²) in [6.45, 7) is 1.27. The van der Waals surface area contributed by atoms with Crippen molar-refractivity contribution in [1.29, 1.82) is 0 Å². The average molecular weight is 402 g/mol. The van der Waals surface area contributed by atoms with Crippen LogP contribution in [-0.2, 0) is 6.54 Å². The monoisotopic (exact) mass is 402 g/mol. The van der Waals surface area contributed by atoms with E-state index in [1.807, 2.05) is 24.3 Å². The fourth-order valence-corrected chi connectivity index (χ4v) is 3.21. The Balaban J connectivity index is 1.56. The molecule has 0 spiro atoms. The number of hydrogen-bond acceptors (Lipinski definition) is 6. The van der Waals surface area contributed by atoms with Crippen LogP contribution >= 0.6 is 0 Å². The maximum Gasteiger partial charge on any atom is 0.257 e. The van der Waals surface area contributed by atoms with Crippen molar-refractivity contribution in [3.05, 3.63) is 83.8 Å². The molecular weight excluding hydrogens is 384 g/mol. The van der Waals surface area contributed by atoms with Crippen molar-refractivity contribution in [2.75, 3.05) is 13.2 Å². The number of rotatable bonds is 4. The minimum Gasteiger partial charge on any atom is -0.486 e. The Morgan fingerprint density at radius 2 is 1.83 bits per heavy atom. The van der Waals surface area contributed by atoms with Crippen molar-refractivity contribution in [3.63, 3.8) is 0 Å². The minimum atomic E-state index is -0.308. The lowest BCUT2D eigenvalue weighted by Gasteiger charge is -2.18. The number of carbonyl (C=O) groups is 1. The summed E-state index contributed by atoms with van der Waals surface area (Å²) in [7, 11) is 0. The van der Waals surface area contributed by atoms with Gasteiger partial charge in [0.1, 0.15) is 30.1 Å². The van der Waals surface area contributed by atoms with E-state index in [9.17, 15) is 4.79 Å². The summed E-state index contributed by atoms with van der Waals surface area (Å²) >= 11 is 0. The molecule has 0 bridgehead atoms. The summed E-state index contributed by atoms with van der Waals surface area (Å²) in [5, 5.41) is 3.65. The molecule has 1 aliphatic heterocycles. The lowest BCUT2D eigenvalue weighted by Crippen LogP contribution is -2.28. The van der Waals surface area contributed by atoms with Crippen molar-refractivity contribution in [3.8, 4) is 11.5 Å². The van der Waals surface area contributed by atoms with Gasteiger partial charge in [-0.15, -0.1) is 0 Å². The molecule has 2 aromatic heterocycles. The molecule has 30 heavy (non-hydrogen) atoms. The Bertz CT molecular complexity index is 1270. The van der Waals surface area contributed by atoms with Gasteiger partial charge in [-0.1, -0.05) is 18.2 Å². The second-order valence-electron chi connectivity index (χ2n) is 6.70. The molecule has 0 saturated carbocycles. The summed E-state index contributed by atoms with van der Waals surface area (Å²) in [5.41, 5.74) is 1.77. The fraction of sp³-hybridized carbons (Fsp3) is 0.130. The third kappa shape index (κ3) is 3.65. The molecule has 0 unspecified atom stereocenters. The van der Waals surface area contributed by atoms with Gasteiger partial charge in [-0.05, 0) is 36.4 Å². The molecule has 0 saturated heterocycles. The van der Waals surface area contributed by atoms with E-state index >= 15 is 0 Å². The maximum atomic E-state index is 12.9. The van der Waals surface area contributed by atoms with Crippen LogP contribution in [0.25, 0.3) is 11.0 Å². The molecule has 1 amide bonds. The van der Waals surface area contributed by atoms with Crippen LogP contribution in [0.15, 0.2) is 80.8 Å². The number of nitrogens with zero attached hydrogens (tertiary/aromatic N) is 1. The molecule has 1 N–H and O–H groups in total. The topological polar surface area (TPSA) is 86.2 Å². The number of nitrogens with one attached hydrogen (secondary N) is 1. The predicted molar refractivity (Wildman–Crippen MR) is 109 cm³/mol. The van der Waals surface area contributed by atoms with Crippen LogP contribution in [0, 0.1) is 0 Å². The molecule has 150 valence electrons. The van der Waals surface area contributed by atoms with Crippen molar-refractivity contribution >= 4 is 22.6 Å². The van der Waals surface area contributed by atoms with E-state index in [1.165, 1.54) is 0 Å². The van der Waals surface area contributed by atoms with Gasteiger partial charge < -0.3 is 23.6 Å². The van der Waals surface area contributed by atoms with Crippen LogP contribution in [0.4, 0.5) is 5.69 Å². The normalized spacial score (nSPS) is 13.4. The first-order chi connectivity index (χ1) is 14.8. The second kappa shape index (κ2) is 7.79. The van der Waals surface area contributed by atoms with Crippen molar-refractivity contribution in [2.24, 2.45) is 4.99 Å². The van der Waals surface area contributed by atoms with Gasteiger partial charge in [0.05, 0.1) is 18.5 Å². The largest absolute Gasteiger partial charge is 0.486 e. The molecule has 3 heterocycles. The highest BCUT2D eigenvalue weighted by atomic mass is 16.6. The quantitative estimate of drug-likeness (QED) is 0.558. The zero-order valence-electron chi connectivity index (χ0n) is 16.0. The Hall–Kier alpha value is -4.00. The highest BCUT2D eigenvalue weighted by Crippen LogP contribution is 2.33. The summed E-state index contributed by atoms with van der Waals surface area (Å²) in [6, 6.07) is 18.2. The van der Waals surface area contributed by atoms with Crippen molar-refractivity contribution < 1.29 is 23.1 Å². The van der Waals surface area contributed by atoms with E-state index in [4.69, 9.17) is 18.3 Å². The lowest BCUT2D eigenvalue weighted by molar-refractivity contribution is 0.0944. The number of carbonyl (C=O) groups excluding carboxylic acids is 1. The summed E-state index contributed by atoms with van der Waals surface area (Å²) in [5.74, 6) is 1.64. The van der Waals surface area contributed by atoms with Gasteiger partial charge in [0, 0.05) is 11.5 Å². The Morgan fingerprint density at radius 1 is 0.967 bits per heavy atom. The van der Waals surface area contributed by atoms with Crippen LogP contribution in [0.5, 0.6) is 11.5 Å². The van der Waals surface area contributed by atoms with Gasteiger partial charge >= 0.3 is 0 Å². The lowest BCUT2D eigenvalue weighted by atomic mass is 10.1. The predicted octanol–water partition coefficient (Wildman–Crippen LogP) is 3.96. The molecular formula is C23H18N2O5. The summed E-state index contributed by atoms with van der Waals surface area (Å²) < 4.78 is 22.4. The number of hydrogen-bond donors (Lipinski definition) is 1. The molecule has 2 aromatic carbocycles. The number of ether oxygens (including phenoxy) is 2. The van der Waals surface area contributed by atoms with E-state index in [0.29, 0.717) is 47.3 Å². The third-order valence-corrected chi connectivity index (χ3v) is 4.66. The van der Waals surface area contributed by atoms with E-state index in [0.717, 1.165) is 5.39 Å². The van der Waals surface area contributed by atoms with Crippen molar-refractivity contribution in [2.45, 2.75) is 6.54 Å². The van der Waals surface area contributed by atoms with Crippen LogP contribution in [0.1, 0.15) is 16.1 Å². The standard InChI is InChI=1S/C23H18N2O5/c26-22(24-14-17-5-3-9-27-17)18-12-15-4-1-2-6-19(15)30-23(18)25-16-7-8-20-21(13-16)29-11-10-28-20/h1-9,12-13H,10-11,14H2,(H,24,26). The molecule has 0 atom stereocenters. The Morgan fingerprint density at radius 3 is 2.70 bits per heavy atom. The van der Waals surface area contributed by atoms with Gasteiger partial charge in [0.15, 0.2) is 11.5 Å². The summed E-state index contributed by atoms with van der Waals surface area (Å²) in [4.78, 5) is 17.5. The molecule has 7 nitrogen and oxygen atoms in total. The van der Waals surface area contributed by atoms with E-state index in [1.54, 1.807) is 42.7 Å². The van der Waals surface area contributed by atoms with Crippen LogP contribution in [0.2, 0.25) is 0 Å². The number of amides is 1. The average Bonchev–Trinajstić information content (AvgIpc) is 3.31. The fourth-order valence-electron chi connectivity index (χ4n) is 3.21. The smallest absolute Gasteiger partial charge is 0.257 e.